The normalized spacial score (nSPS) is 12.9. The standard InChI is InChI=1S/C10H13N3OS/c1-2-8(9-4-3-5-15-9)13-7-11-12-10(13)6-14/h3-5,7-8,14H,2,6H2,1H3. The van der Waals surface area contributed by atoms with E-state index in [1.165, 1.54) is 4.88 Å². The predicted octanol–water partition coefficient (Wildman–Crippen LogP) is 1.83. The van der Waals surface area contributed by atoms with E-state index >= 15 is 0 Å². The first-order chi connectivity index (χ1) is 7.36. The van der Waals surface area contributed by atoms with Gasteiger partial charge in [-0.1, -0.05) is 13.0 Å². The smallest absolute Gasteiger partial charge is 0.159 e. The quantitative estimate of drug-likeness (QED) is 0.860. The van der Waals surface area contributed by atoms with E-state index in [2.05, 4.69) is 28.6 Å². The summed E-state index contributed by atoms with van der Waals surface area (Å²) in [5, 5.41) is 18.9. The molecular weight excluding hydrogens is 210 g/mol. The Balaban J connectivity index is 2.35. The molecule has 1 atom stereocenters. The Morgan fingerprint density at radius 1 is 1.60 bits per heavy atom. The highest BCUT2D eigenvalue weighted by atomic mass is 32.1. The largest absolute Gasteiger partial charge is 0.388 e. The van der Waals surface area contributed by atoms with Gasteiger partial charge in [0.1, 0.15) is 12.9 Å². The van der Waals surface area contributed by atoms with Gasteiger partial charge in [-0.2, -0.15) is 0 Å². The van der Waals surface area contributed by atoms with E-state index < -0.39 is 0 Å². The third kappa shape index (κ3) is 1.93. The second-order valence-corrected chi connectivity index (χ2v) is 4.23. The summed E-state index contributed by atoms with van der Waals surface area (Å²) in [7, 11) is 0. The Labute approximate surface area is 92.2 Å². The molecule has 0 amide bonds. The fraction of sp³-hybridized carbons (Fsp3) is 0.400. The zero-order valence-electron chi connectivity index (χ0n) is 8.50. The molecule has 2 rings (SSSR count). The minimum Gasteiger partial charge on any atom is -0.388 e. The Morgan fingerprint density at radius 2 is 2.47 bits per heavy atom. The maximum absolute atomic E-state index is 9.13. The van der Waals surface area contributed by atoms with Gasteiger partial charge < -0.3 is 9.67 Å². The summed E-state index contributed by atoms with van der Waals surface area (Å²) < 4.78 is 1.94. The number of rotatable bonds is 4. The van der Waals surface area contributed by atoms with E-state index in [0.717, 1.165) is 6.42 Å². The molecule has 5 heteroatoms. The Morgan fingerprint density at radius 3 is 3.07 bits per heavy atom. The molecule has 0 saturated heterocycles. The lowest BCUT2D eigenvalue weighted by Crippen LogP contribution is -2.11. The van der Waals surface area contributed by atoms with E-state index in [-0.39, 0.29) is 12.6 Å². The number of aliphatic hydroxyl groups excluding tert-OH is 1. The lowest BCUT2D eigenvalue weighted by atomic mass is 10.2. The summed E-state index contributed by atoms with van der Waals surface area (Å²) in [6.07, 6.45) is 2.64. The van der Waals surface area contributed by atoms with E-state index in [4.69, 9.17) is 5.11 Å². The van der Waals surface area contributed by atoms with Crippen molar-refractivity contribution in [2.45, 2.75) is 26.0 Å². The van der Waals surface area contributed by atoms with Gasteiger partial charge in [-0.05, 0) is 17.9 Å². The van der Waals surface area contributed by atoms with Crippen LogP contribution in [0, 0.1) is 0 Å². The number of aromatic nitrogens is 3. The van der Waals surface area contributed by atoms with Gasteiger partial charge in [-0.15, -0.1) is 21.5 Å². The molecule has 0 saturated carbocycles. The van der Waals surface area contributed by atoms with Crippen molar-refractivity contribution in [1.29, 1.82) is 0 Å². The van der Waals surface area contributed by atoms with Crippen molar-refractivity contribution in [3.63, 3.8) is 0 Å². The van der Waals surface area contributed by atoms with Gasteiger partial charge in [0.25, 0.3) is 0 Å². The summed E-state index contributed by atoms with van der Waals surface area (Å²) in [6.45, 7) is 2.05. The molecule has 4 nitrogen and oxygen atoms in total. The highest BCUT2D eigenvalue weighted by molar-refractivity contribution is 7.10. The molecule has 2 aromatic heterocycles. The van der Waals surface area contributed by atoms with Crippen LogP contribution in [0.5, 0.6) is 0 Å². The molecule has 15 heavy (non-hydrogen) atoms. The summed E-state index contributed by atoms with van der Waals surface area (Å²) in [6, 6.07) is 4.37. The number of hydrogen-bond donors (Lipinski definition) is 1. The van der Waals surface area contributed by atoms with Gasteiger partial charge in [0, 0.05) is 4.88 Å². The van der Waals surface area contributed by atoms with Crippen LogP contribution in [-0.4, -0.2) is 19.9 Å². The molecule has 0 aromatic carbocycles. The monoisotopic (exact) mass is 223 g/mol. The van der Waals surface area contributed by atoms with Crippen LogP contribution >= 0.6 is 11.3 Å². The van der Waals surface area contributed by atoms with Crippen LogP contribution in [0.25, 0.3) is 0 Å². The summed E-state index contributed by atoms with van der Waals surface area (Å²) in [5.74, 6) is 0.621. The first kappa shape index (κ1) is 10.3. The van der Waals surface area contributed by atoms with E-state index in [0.29, 0.717) is 5.82 Å². The van der Waals surface area contributed by atoms with Gasteiger partial charge in [0.05, 0.1) is 6.04 Å². The SMILES string of the molecule is CCC(c1cccs1)n1cnnc1CO. The number of nitrogens with zero attached hydrogens (tertiary/aromatic N) is 3. The number of aliphatic hydroxyl groups is 1. The molecule has 2 heterocycles. The maximum atomic E-state index is 9.13. The molecule has 1 N–H and O–H groups in total. The fourth-order valence-electron chi connectivity index (χ4n) is 1.66. The van der Waals surface area contributed by atoms with Crippen molar-refractivity contribution in [3.05, 3.63) is 34.5 Å². The molecule has 80 valence electrons. The second kappa shape index (κ2) is 4.55. The van der Waals surface area contributed by atoms with Crippen LogP contribution in [0.15, 0.2) is 23.8 Å². The lowest BCUT2D eigenvalue weighted by molar-refractivity contribution is 0.262. The molecule has 0 radical (unpaired) electrons. The fourth-order valence-corrected chi connectivity index (χ4v) is 2.56. The molecule has 0 bridgehead atoms. The topological polar surface area (TPSA) is 50.9 Å². The highest BCUT2D eigenvalue weighted by Crippen LogP contribution is 2.26. The average Bonchev–Trinajstić information content (AvgIpc) is 2.89. The summed E-state index contributed by atoms with van der Waals surface area (Å²) in [5.41, 5.74) is 0. The first-order valence-corrected chi connectivity index (χ1v) is 5.77. The van der Waals surface area contributed by atoms with E-state index in [9.17, 15) is 0 Å². The van der Waals surface area contributed by atoms with Crippen molar-refractivity contribution < 1.29 is 5.11 Å². The molecule has 0 aliphatic carbocycles. The van der Waals surface area contributed by atoms with Gasteiger partial charge >= 0.3 is 0 Å². The molecule has 0 aliphatic rings. The Kier molecular flexibility index (Phi) is 3.13. The van der Waals surface area contributed by atoms with Crippen molar-refractivity contribution >= 4 is 11.3 Å². The second-order valence-electron chi connectivity index (χ2n) is 3.25. The van der Waals surface area contributed by atoms with Crippen LogP contribution in [0.3, 0.4) is 0 Å². The predicted molar refractivity (Wildman–Crippen MR) is 58.7 cm³/mol. The molecule has 2 aromatic rings. The Hall–Kier alpha value is -1.20. The van der Waals surface area contributed by atoms with Crippen molar-refractivity contribution in [2.24, 2.45) is 0 Å². The minimum atomic E-state index is -0.0676. The summed E-state index contributed by atoms with van der Waals surface area (Å²) >= 11 is 1.72. The molecule has 1 unspecified atom stereocenters. The zero-order valence-corrected chi connectivity index (χ0v) is 9.31. The molecule has 0 spiro atoms. The van der Waals surface area contributed by atoms with Crippen LogP contribution in [0.1, 0.15) is 30.1 Å². The Bertz CT molecular complexity index is 410. The van der Waals surface area contributed by atoms with Crippen molar-refractivity contribution in [2.75, 3.05) is 0 Å². The van der Waals surface area contributed by atoms with E-state index in [1.807, 2.05) is 10.6 Å². The van der Waals surface area contributed by atoms with Gasteiger partial charge in [0.15, 0.2) is 5.82 Å². The maximum Gasteiger partial charge on any atom is 0.159 e. The first-order valence-electron chi connectivity index (χ1n) is 4.89. The third-order valence-electron chi connectivity index (χ3n) is 2.38. The molecule has 0 fully saturated rings. The van der Waals surface area contributed by atoms with Crippen molar-refractivity contribution in [3.8, 4) is 0 Å². The lowest BCUT2D eigenvalue weighted by Gasteiger charge is -2.16. The van der Waals surface area contributed by atoms with Gasteiger partial charge in [0.2, 0.25) is 0 Å². The number of hydrogen-bond acceptors (Lipinski definition) is 4. The molecule has 0 aliphatic heterocycles. The molecular formula is C10H13N3OS. The average molecular weight is 223 g/mol. The van der Waals surface area contributed by atoms with Crippen LogP contribution in [-0.2, 0) is 6.61 Å². The number of thiophene rings is 1. The van der Waals surface area contributed by atoms with Crippen LogP contribution in [0.4, 0.5) is 0 Å². The van der Waals surface area contributed by atoms with Gasteiger partial charge in [-0.3, -0.25) is 0 Å². The summed E-state index contributed by atoms with van der Waals surface area (Å²) in [4.78, 5) is 1.27. The van der Waals surface area contributed by atoms with Gasteiger partial charge in [-0.25, -0.2) is 0 Å². The minimum absolute atomic E-state index is 0.0676. The van der Waals surface area contributed by atoms with Crippen LogP contribution < -0.4 is 0 Å². The zero-order chi connectivity index (χ0) is 10.7. The highest BCUT2D eigenvalue weighted by Gasteiger charge is 2.15. The van der Waals surface area contributed by atoms with Crippen LogP contribution in [0.2, 0.25) is 0 Å². The third-order valence-corrected chi connectivity index (χ3v) is 3.36. The van der Waals surface area contributed by atoms with Crippen molar-refractivity contribution in [1.82, 2.24) is 14.8 Å². The van der Waals surface area contributed by atoms with E-state index in [1.54, 1.807) is 17.7 Å².